The molecule has 0 saturated carbocycles. The van der Waals surface area contributed by atoms with Crippen molar-refractivity contribution in [3.05, 3.63) is 63.2 Å². The molecule has 1 amide bonds. The maximum Gasteiger partial charge on any atom is 0.271 e. The van der Waals surface area contributed by atoms with Gasteiger partial charge in [-0.15, -0.1) is 0 Å². The number of sulfonamides is 1. The molecule has 0 heterocycles. The van der Waals surface area contributed by atoms with E-state index in [0.717, 1.165) is 22.2 Å². The zero-order valence-corrected chi connectivity index (χ0v) is 19.3. The van der Waals surface area contributed by atoms with Crippen molar-refractivity contribution in [2.45, 2.75) is 5.75 Å². The predicted octanol–water partition coefficient (Wildman–Crippen LogP) is 3.07. The molecule has 0 aliphatic rings. The third kappa shape index (κ3) is 7.30. The number of rotatable bonds is 11. The molecule has 0 aliphatic carbocycles. The number of carbonyl (C=O) groups excluding carboxylic acids is 1. The van der Waals surface area contributed by atoms with E-state index in [1.807, 2.05) is 18.2 Å². The minimum absolute atomic E-state index is 0.0811. The number of ether oxygens (including phenoxy) is 1. The van der Waals surface area contributed by atoms with Crippen LogP contribution >= 0.6 is 23.4 Å². The molecule has 2 rings (SSSR count). The van der Waals surface area contributed by atoms with Crippen molar-refractivity contribution in [1.82, 2.24) is 5.32 Å². The molecule has 0 aliphatic heterocycles. The van der Waals surface area contributed by atoms with Crippen molar-refractivity contribution in [2.75, 3.05) is 36.5 Å². The van der Waals surface area contributed by atoms with Gasteiger partial charge in [-0.3, -0.25) is 19.2 Å². The highest BCUT2D eigenvalue weighted by atomic mass is 35.5. The molecule has 0 radical (unpaired) electrons. The number of methoxy groups -OCH3 is 1. The lowest BCUT2D eigenvalue weighted by atomic mass is 10.2. The zero-order chi connectivity index (χ0) is 23.0. The van der Waals surface area contributed by atoms with Crippen LogP contribution < -0.4 is 14.4 Å². The average molecular weight is 488 g/mol. The topological polar surface area (TPSA) is 119 Å². The highest BCUT2D eigenvalue weighted by Crippen LogP contribution is 2.33. The molecule has 0 saturated heterocycles. The predicted molar refractivity (Wildman–Crippen MR) is 122 cm³/mol. The number of hydrogen-bond acceptors (Lipinski definition) is 7. The van der Waals surface area contributed by atoms with E-state index < -0.39 is 27.4 Å². The van der Waals surface area contributed by atoms with Gasteiger partial charge in [-0.25, -0.2) is 8.42 Å². The highest BCUT2D eigenvalue weighted by Gasteiger charge is 2.26. The Kier molecular flexibility index (Phi) is 8.96. The van der Waals surface area contributed by atoms with Crippen molar-refractivity contribution in [1.29, 1.82) is 0 Å². The fourth-order valence-corrected chi connectivity index (χ4v) is 4.61. The lowest BCUT2D eigenvalue weighted by Crippen LogP contribution is -2.41. The molecule has 12 heteroatoms. The maximum absolute atomic E-state index is 12.4. The van der Waals surface area contributed by atoms with Crippen LogP contribution in [0.4, 0.5) is 11.4 Å². The summed E-state index contributed by atoms with van der Waals surface area (Å²) in [6.07, 6.45) is 0.915. The number of hydrogen-bond donors (Lipinski definition) is 1. The van der Waals surface area contributed by atoms with Gasteiger partial charge in [0.15, 0.2) is 0 Å². The molecule has 0 aromatic heterocycles. The Balaban J connectivity index is 2.00. The van der Waals surface area contributed by atoms with Crippen LogP contribution in [0, 0.1) is 10.1 Å². The number of nitro benzene ring substituents is 1. The molecule has 0 atom stereocenters. The SMILES string of the molecule is COc1ccc([N+](=O)[O-])cc1N(CC(=O)NCCSCc1ccccc1Cl)S(C)(=O)=O. The van der Waals surface area contributed by atoms with Crippen LogP contribution in [-0.2, 0) is 20.6 Å². The lowest BCUT2D eigenvalue weighted by Gasteiger charge is -2.23. The second-order valence-corrected chi connectivity index (χ2v) is 9.80. The van der Waals surface area contributed by atoms with Gasteiger partial charge in [0.1, 0.15) is 18.0 Å². The van der Waals surface area contributed by atoms with E-state index in [-0.39, 0.29) is 17.1 Å². The second-order valence-electron chi connectivity index (χ2n) is 6.38. The van der Waals surface area contributed by atoms with Gasteiger partial charge in [0.25, 0.3) is 5.69 Å². The summed E-state index contributed by atoms with van der Waals surface area (Å²) in [5.74, 6) is 0.822. The number of thioether (sulfide) groups is 1. The van der Waals surface area contributed by atoms with E-state index in [2.05, 4.69) is 5.32 Å². The normalized spacial score (nSPS) is 11.1. The van der Waals surface area contributed by atoms with Gasteiger partial charge in [0.2, 0.25) is 15.9 Å². The summed E-state index contributed by atoms with van der Waals surface area (Å²) >= 11 is 7.67. The first-order valence-corrected chi connectivity index (χ1v) is 12.4. The molecule has 1 N–H and O–H groups in total. The number of nitro groups is 1. The van der Waals surface area contributed by atoms with Crippen LogP contribution in [0.3, 0.4) is 0 Å². The summed E-state index contributed by atoms with van der Waals surface area (Å²) in [6.45, 7) is -0.219. The molecule has 9 nitrogen and oxygen atoms in total. The molecule has 0 fully saturated rings. The smallest absolute Gasteiger partial charge is 0.271 e. The van der Waals surface area contributed by atoms with Crippen LogP contribution in [0.5, 0.6) is 5.75 Å². The molecule has 2 aromatic carbocycles. The monoisotopic (exact) mass is 487 g/mol. The first-order valence-electron chi connectivity index (χ1n) is 9.01. The van der Waals surface area contributed by atoms with E-state index in [4.69, 9.17) is 16.3 Å². The molecule has 0 bridgehead atoms. The molecular weight excluding hydrogens is 466 g/mol. The summed E-state index contributed by atoms with van der Waals surface area (Å²) in [6, 6.07) is 11.0. The molecular formula is C19H22ClN3O6S2. The summed E-state index contributed by atoms with van der Waals surface area (Å²) < 4.78 is 30.5. The number of nitrogens with one attached hydrogen (secondary N) is 1. The van der Waals surface area contributed by atoms with E-state index >= 15 is 0 Å². The number of amides is 1. The van der Waals surface area contributed by atoms with Crippen molar-refractivity contribution < 1.29 is 22.9 Å². The Hall–Kier alpha value is -2.50. The standard InChI is InChI=1S/C19H22ClN3O6S2/c1-29-18-8-7-15(23(25)26)11-17(18)22(31(2,27)28)12-19(24)21-9-10-30-13-14-5-3-4-6-16(14)20/h3-8,11H,9-10,12-13H2,1-2H3,(H,21,24). The Morgan fingerprint density at radius 1 is 1.29 bits per heavy atom. The van der Waals surface area contributed by atoms with Gasteiger partial charge in [-0.05, 0) is 17.7 Å². The Labute approximate surface area is 189 Å². The number of halogens is 1. The van der Waals surface area contributed by atoms with Gasteiger partial charge in [-0.2, -0.15) is 11.8 Å². The number of nitrogens with zero attached hydrogens (tertiary/aromatic N) is 2. The first-order chi connectivity index (χ1) is 14.6. The van der Waals surface area contributed by atoms with E-state index in [1.54, 1.807) is 17.8 Å². The molecule has 0 spiro atoms. The fraction of sp³-hybridized carbons (Fsp3) is 0.316. The van der Waals surface area contributed by atoms with Crippen molar-refractivity contribution >= 4 is 50.7 Å². The van der Waals surface area contributed by atoms with Gasteiger partial charge < -0.3 is 10.1 Å². The van der Waals surface area contributed by atoms with Gasteiger partial charge >= 0.3 is 0 Å². The van der Waals surface area contributed by atoms with Gasteiger partial charge in [-0.1, -0.05) is 29.8 Å². The van der Waals surface area contributed by atoms with Crippen LogP contribution in [0.2, 0.25) is 5.02 Å². The van der Waals surface area contributed by atoms with Crippen LogP contribution in [-0.4, -0.2) is 51.5 Å². The van der Waals surface area contributed by atoms with Crippen molar-refractivity contribution in [2.24, 2.45) is 0 Å². The quantitative estimate of drug-likeness (QED) is 0.294. The van der Waals surface area contributed by atoms with Crippen LogP contribution in [0.1, 0.15) is 5.56 Å². The number of non-ortho nitro benzene ring substituents is 1. The first kappa shape index (κ1) is 24.8. The molecule has 0 unspecified atom stereocenters. The average Bonchev–Trinajstić information content (AvgIpc) is 2.71. The minimum atomic E-state index is -3.91. The number of anilines is 1. The summed E-state index contributed by atoms with van der Waals surface area (Å²) in [7, 11) is -2.61. The summed E-state index contributed by atoms with van der Waals surface area (Å²) in [4.78, 5) is 22.8. The Morgan fingerprint density at radius 3 is 2.61 bits per heavy atom. The molecule has 2 aromatic rings. The minimum Gasteiger partial charge on any atom is -0.495 e. The maximum atomic E-state index is 12.4. The summed E-state index contributed by atoms with van der Waals surface area (Å²) in [5.41, 5.74) is 0.588. The third-order valence-corrected chi connectivity index (χ3v) is 6.62. The highest BCUT2D eigenvalue weighted by molar-refractivity contribution is 7.98. The number of carbonyl (C=O) groups is 1. The van der Waals surface area contributed by atoms with Crippen molar-refractivity contribution in [3.63, 3.8) is 0 Å². The van der Waals surface area contributed by atoms with Crippen LogP contribution in [0.25, 0.3) is 0 Å². The lowest BCUT2D eigenvalue weighted by molar-refractivity contribution is -0.384. The second kappa shape index (κ2) is 11.2. The van der Waals surface area contributed by atoms with E-state index in [9.17, 15) is 23.3 Å². The van der Waals surface area contributed by atoms with Gasteiger partial charge in [0.05, 0.1) is 18.3 Å². The summed E-state index contributed by atoms with van der Waals surface area (Å²) in [5, 5.41) is 14.4. The molecule has 31 heavy (non-hydrogen) atoms. The zero-order valence-electron chi connectivity index (χ0n) is 16.9. The van der Waals surface area contributed by atoms with Gasteiger partial charge in [0, 0.05) is 35.2 Å². The Morgan fingerprint density at radius 2 is 2.00 bits per heavy atom. The van der Waals surface area contributed by atoms with Crippen LogP contribution in [0.15, 0.2) is 42.5 Å². The van der Waals surface area contributed by atoms with Crippen molar-refractivity contribution in [3.8, 4) is 5.75 Å². The number of benzene rings is 2. The Bertz CT molecular complexity index is 1050. The largest absolute Gasteiger partial charge is 0.495 e. The third-order valence-electron chi connectivity index (χ3n) is 4.11. The van der Waals surface area contributed by atoms with E-state index in [0.29, 0.717) is 23.1 Å². The fourth-order valence-electron chi connectivity index (χ4n) is 2.61. The molecule has 168 valence electrons. The van der Waals surface area contributed by atoms with E-state index in [1.165, 1.54) is 19.2 Å².